The van der Waals surface area contributed by atoms with Gasteiger partial charge in [0.25, 0.3) is 0 Å². The summed E-state index contributed by atoms with van der Waals surface area (Å²) in [5.74, 6) is 0. The van der Waals surface area contributed by atoms with Crippen LogP contribution in [0.3, 0.4) is 0 Å². The van der Waals surface area contributed by atoms with Crippen LogP contribution >= 0.6 is 0 Å². The van der Waals surface area contributed by atoms with Crippen LogP contribution in [-0.4, -0.2) is 25.7 Å². The predicted molar refractivity (Wildman–Crippen MR) is 62.6 cm³/mol. The minimum absolute atomic E-state index is 0.487. The van der Waals surface area contributed by atoms with Gasteiger partial charge in [-0.3, -0.25) is 0 Å². The molecule has 2 heteroatoms. The molecular weight excluding hydrogens is 172 g/mol. The first-order chi connectivity index (χ1) is 6.70. The Kier molecular flexibility index (Phi) is 4.90. The molecule has 0 aromatic carbocycles. The van der Waals surface area contributed by atoms with E-state index in [2.05, 4.69) is 31.4 Å². The van der Waals surface area contributed by atoms with Gasteiger partial charge in [-0.05, 0) is 37.6 Å². The first kappa shape index (κ1) is 12.0. The first-order valence-corrected chi connectivity index (χ1v) is 6.14. The smallest absolute Gasteiger partial charge is 0.00620 e. The fourth-order valence-electron chi connectivity index (χ4n) is 2.24. The molecule has 0 saturated carbocycles. The van der Waals surface area contributed by atoms with Crippen LogP contribution in [0.1, 0.15) is 46.5 Å². The summed E-state index contributed by atoms with van der Waals surface area (Å²) in [5.41, 5.74) is 0.487. The highest BCUT2D eigenvalue weighted by molar-refractivity contribution is 4.84. The van der Waals surface area contributed by atoms with E-state index in [-0.39, 0.29) is 0 Å². The molecule has 1 atom stereocenters. The molecule has 0 spiro atoms. The number of hydrogen-bond acceptors (Lipinski definition) is 2. The van der Waals surface area contributed by atoms with Crippen molar-refractivity contribution in [3.05, 3.63) is 0 Å². The Bertz CT molecular complexity index is 146. The zero-order valence-corrected chi connectivity index (χ0v) is 10.0. The molecule has 0 amide bonds. The Morgan fingerprint density at radius 1 is 1.36 bits per heavy atom. The Balaban J connectivity index is 2.27. The van der Waals surface area contributed by atoms with Crippen molar-refractivity contribution in [2.45, 2.75) is 52.5 Å². The zero-order chi connectivity index (χ0) is 10.4. The molecule has 2 nitrogen and oxygen atoms in total. The summed E-state index contributed by atoms with van der Waals surface area (Å²) in [7, 11) is 0. The van der Waals surface area contributed by atoms with Gasteiger partial charge in [0.1, 0.15) is 0 Å². The van der Waals surface area contributed by atoms with Gasteiger partial charge in [-0.2, -0.15) is 0 Å². The summed E-state index contributed by atoms with van der Waals surface area (Å²) in [6, 6.07) is 0.716. The van der Waals surface area contributed by atoms with Crippen LogP contribution < -0.4 is 10.6 Å². The summed E-state index contributed by atoms with van der Waals surface area (Å²) >= 11 is 0. The summed E-state index contributed by atoms with van der Waals surface area (Å²) < 4.78 is 0. The van der Waals surface area contributed by atoms with E-state index in [9.17, 15) is 0 Å². The number of hydrogen-bond donors (Lipinski definition) is 2. The van der Waals surface area contributed by atoms with Crippen molar-refractivity contribution in [2.75, 3.05) is 19.6 Å². The number of rotatable bonds is 5. The monoisotopic (exact) mass is 198 g/mol. The number of piperidine rings is 1. The second kappa shape index (κ2) is 5.72. The minimum Gasteiger partial charge on any atom is -0.316 e. The van der Waals surface area contributed by atoms with Gasteiger partial charge in [0.15, 0.2) is 0 Å². The van der Waals surface area contributed by atoms with Gasteiger partial charge < -0.3 is 10.6 Å². The number of nitrogens with one attached hydrogen (secondary N) is 2. The molecule has 0 radical (unpaired) electrons. The molecule has 2 N–H and O–H groups in total. The van der Waals surface area contributed by atoms with Crippen LogP contribution in [0, 0.1) is 5.41 Å². The minimum atomic E-state index is 0.487. The third kappa shape index (κ3) is 3.58. The van der Waals surface area contributed by atoms with Crippen LogP contribution in [-0.2, 0) is 0 Å². The first-order valence-electron chi connectivity index (χ1n) is 6.14. The van der Waals surface area contributed by atoms with E-state index < -0.39 is 0 Å². The van der Waals surface area contributed by atoms with Crippen LogP contribution in [0.2, 0.25) is 0 Å². The second-order valence-corrected chi connectivity index (χ2v) is 4.99. The van der Waals surface area contributed by atoms with E-state index >= 15 is 0 Å². The molecule has 1 heterocycles. The molecule has 0 bridgehead atoms. The van der Waals surface area contributed by atoms with Crippen molar-refractivity contribution < 1.29 is 0 Å². The summed E-state index contributed by atoms with van der Waals surface area (Å²) in [5, 5.41) is 7.18. The average Bonchev–Trinajstić information content (AvgIpc) is 2.20. The fraction of sp³-hybridized carbons (Fsp3) is 1.00. The lowest BCUT2D eigenvalue weighted by molar-refractivity contribution is 0.216. The lowest BCUT2D eigenvalue weighted by atomic mass is 9.82. The Morgan fingerprint density at radius 2 is 2.07 bits per heavy atom. The van der Waals surface area contributed by atoms with Crippen molar-refractivity contribution >= 4 is 0 Å². The average molecular weight is 198 g/mol. The summed E-state index contributed by atoms with van der Waals surface area (Å²) in [6.07, 6.45) is 5.20. The van der Waals surface area contributed by atoms with E-state index in [0.29, 0.717) is 11.5 Å². The van der Waals surface area contributed by atoms with Crippen LogP contribution in [0.5, 0.6) is 0 Å². The summed E-state index contributed by atoms with van der Waals surface area (Å²) in [6.45, 7) is 10.5. The predicted octanol–water partition coefficient (Wildman–Crippen LogP) is 2.15. The van der Waals surface area contributed by atoms with Crippen molar-refractivity contribution in [2.24, 2.45) is 5.41 Å². The highest BCUT2D eigenvalue weighted by Crippen LogP contribution is 2.24. The maximum Gasteiger partial charge on any atom is 0.00620 e. The molecule has 1 fully saturated rings. The molecular formula is C12H26N2. The van der Waals surface area contributed by atoms with E-state index in [0.717, 1.165) is 0 Å². The van der Waals surface area contributed by atoms with E-state index in [1.165, 1.54) is 45.3 Å². The largest absolute Gasteiger partial charge is 0.316 e. The standard InChI is InChI=1S/C12H26N2/c1-4-11(5-2)14-10-12(3)7-6-8-13-9-12/h11,13-14H,4-10H2,1-3H3. The molecule has 84 valence electrons. The molecule has 1 aliphatic rings. The molecule has 14 heavy (non-hydrogen) atoms. The van der Waals surface area contributed by atoms with Crippen molar-refractivity contribution in [3.8, 4) is 0 Å². The zero-order valence-electron chi connectivity index (χ0n) is 10.0. The normalized spacial score (nSPS) is 28.3. The van der Waals surface area contributed by atoms with Gasteiger partial charge in [-0.15, -0.1) is 0 Å². The molecule has 0 aliphatic carbocycles. The second-order valence-electron chi connectivity index (χ2n) is 4.99. The van der Waals surface area contributed by atoms with Gasteiger partial charge in [-0.1, -0.05) is 20.8 Å². The van der Waals surface area contributed by atoms with E-state index in [1.807, 2.05) is 0 Å². The van der Waals surface area contributed by atoms with Gasteiger partial charge in [0.2, 0.25) is 0 Å². The molecule has 1 unspecified atom stereocenters. The van der Waals surface area contributed by atoms with Crippen molar-refractivity contribution in [3.63, 3.8) is 0 Å². The van der Waals surface area contributed by atoms with Crippen molar-refractivity contribution in [1.29, 1.82) is 0 Å². The van der Waals surface area contributed by atoms with Crippen LogP contribution in [0.25, 0.3) is 0 Å². The third-order valence-electron chi connectivity index (χ3n) is 3.49. The topological polar surface area (TPSA) is 24.1 Å². The molecule has 1 rings (SSSR count). The SMILES string of the molecule is CCC(CC)NCC1(C)CCCNC1. The quantitative estimate of drug-likeness (QED) is 0.707. The van der Waals surface area contributed by atoms with Gasteiger partial charge in [-0.25, -0.2) is 0 Å². The maximum absolute atomic E-state index is 3.69. The van der Waals surface area contributed by atoms with Gasteiger partial charge in [0.05, 0.1) is 0 Å². The molecule has 0 aromatic heterocycles. The Morgan fingerprint density at radius 3 is 2.57 bits per heavy atom. The highest BCUT2D eigenvalue weighted by Gasteiger charge is 2.26. The van der Waals surface area contributed by atoms with Crippen LogP contribution in [0.4, 0.5) is 0 Å². The Hall–Kier alpha value is -0.0800. The lowest BCUT2D eigenvalue weighted by Gasteiger charge is -2.35. The Labute approximate surface area is 88.8 Å². The van der Waals surface area contributed by atoms with Gasteiger partial charge >= 0.3 is 0 Å². The molecule has 1 aliphatic heterocycles. The summed E-state index contributed by atoms with van der Waals surface area (Å²) in [4.78, 5) is 0. The van der Waals surface area contributed by atoms with Crippen molar-refractivity contribution in [1.82, 2.24) is 10.6 Å². The van der Waals surface area contributed by atoms with E-state index in [1.54, 1.807) is 0 Å². The fourth-order valence-corrected chi connectivity index (χ4v) is 2.24. The molecule has 0 aromatic rings. The lowest BCUT2D eigenvalue weighted by Crippen LogP contribution is -2.46. The van der Waals surface area contributed by atoms with Crippen LogP contribution in [0.15, 0.2) is 0 Å². The maximum atomic E-state index is 3.69. The van der Waals surface area contributed by atoms with E-state index in [4.69, 9.17) is 0 Å². The third-order valence-corrected chi connectivity index (χ3v) is 3.49. The van der Waals surface area contributed by atoms with Gasteiger partial charge in [0, 0.05) is 19.1 Å². The molecule has 1 saturated heterocycles. The highest BCUT2D eigenvalue weighted by atomic mass is 15.0.